The molecule has 0 spiro atoms. The molecule has 0 aromatic heterocycles. The van der Waals surface area contributed by atoms with Crippen molar-refractivity contribution < 1.29 is 21.3 Å². The van der Waals surface area contributed by atoms with Crippen LogP contribution in [0.25, 0.3) is 11.1 Å². The molecule has 136 valence electrons. The Morgan fingerprint density at radius 1 is 0.786 bits per heavy atom. The topological polar surface area (TPSA) is 0 Å². The van der Waals surface area contributed by atoms with Gasteiger partial charge in [0.05, 0.1) is 0 Å². The molecule has 0 aliphatic heterocycles. The van der Waals surface area contributed by atoms with Gasteiger partial charge < -0.3 is 0 Å². The van der Waals surface area contributed by atoms with Crippen LogP contribution in [0.4, 0.5) is 0 Å². The Hall–Kier alpha value is -2.11. The van der Waals surface area contributed by atoms with Crippen LogP contribution in [-0.4, -0.2) is 3.71 Å². The van der Waals surface area contributed by atoms with Crippen molar-refractivity contribution in [3.63, 3.8) is 0 Å². The molecule has 0 bridgehead atoms. The third-order valence-electron chi connectivity index (χ3n) is 6.11. The maximum absolute atomic E-state index is 2.69. The molecule has 2 aliphatic carbocycles. The van der Waals surface area contributed by atoms with Crippen molar-refractivity contribution in [1.82, 2.24) is 0 Å². The van der Waals surface area contributed by atoms with Crippen molar-refractivity contribution in [2.75, 3.05) is 0 Å². The number of hydrogen-bond donors (Lipinski definition) is 0. The first-order chi connectivity index (χ1) is 13.7. The standard InChI is InChI=1S/C13H9.C7H9.C7H6.Zr/c1-3-7-12-10(5-1)9-11-6-2-4-8-13(11)12;1-6-3-4-7(2)5-6;1-7-5-3-2-4-6-7;/h1-9H;3-5H,1-2H3;1-6H;. The van der Waals surface area contributed by atoms with Gasteiger partial charge in [0.15, 0.2) is 0 Å². The fourth-order valence-electron chi connectivity index (χ4n) is 4.82. The van der Waals surface area contributed by atoms with E-state index in [2.05, 4.69) is 115 Å². The molecule has 2 aliphatic rings. The summed E-state index contributed by atoms with van der Waals surface area (Å²) < 4.78 is 3.43. The summed E-state index contributed by atoms with van der Waals surface area (Å²) in [6.07, 6.45) is 7.34. The first kappa shape index (κ1) is 18.0. The molecular formula is C27H24Zr. The second-order valence-electron chi connectivity index (χ2n) is 8.12. The van der Waals surface area contributed by atoms with Gasteiger partial charge >= 0.3 is 176 Å². The summed E-state index contributed by atoms with van der Waals surface area (Å²) in [7, 11) is 0. The Bertz CT molecular complexity index is 1090. The maximum atomic E-state index is 2.69. The van der Waals surface area contributed by atoms with Gasteiger partial charge in [0, 0.05) is 0 Å². The molecule has 3 aromatic carbocycles. The monoisotopic (exact) mass is 438 g/mol. The molecule has 0 saturated heterocycles. The first-order valence-corrected chi connectivity index (χ1v) is 14.1. The van der Waals surface area contributed by atoms with Crippen LogP contribution in [0.1, 0.15) is 34.2 Å². The zero-order chi connectivity index (χ0) is 19.1. The predicted octanol–water partition coefficient (Wildman–Crippen LogP) is 6.92. The van der Waals surface area contributed by atoms with Crippen LogP contribution in [-0.2, 0) is 21.3 Å². The summed E-state index contributed by atoms with van der Waals surface area (Å²) >= 11 is -2.24. The Morgan fingerprint density at radius 2 is 1.36 bits per heavy atom. The minimum atomic E-state index is -2.24. The fourth-order valence-corrected chi connectivity index (χ4v) is 13.4. The summed E-state index contributed by atoms with van der Waals surface area (Å²) in [4.78, 5) is 0. The molecular weight excluding hydrogens is 416 g/mol. The van der Waals surface area contributed by atoms with Crippen LogP contribution >= 0.6 is 0 Å². The summed E-state index contributed by atoms with van der Waals surface area (Å²) in [5.74, 6) is 0. The number of fused-ring (bicyclic) bond motifs is 3. The van der Waals surface area contributed by atoms with Crippen LogP contribution in [0.3, 0.4) is 0 Å². The molecule has 0 nitrogen and oxygen atoms in total. The van der Waals surface area contributed by atoms with Crippen molar-refractivity contribution in [2.45, 2.75) is 20.6 Å². The van der Waals surface area contributed by atoms with Gasteiger partial charge in [-0.15, -0.1) is 0 Å². The summed E-state index contributed by atoms with van der Waals surface area (Å²) in [5.41, 5.74) is 8.74. The number of benzene rings is 3. The van der Waals surface area contributed by atoms with Gasteiger partial charge in [-0.05, 0) is 0 Å². The Morgan fingerprint density at radius 3 is 1.93 bits per heavy atom. The van der Waals surface area contributed by atoms with Crippen LogP contribution in [0.2, 0.25) is 3.12 Å². The average Bonchev–Trinajstić information content (AvgIpc) is 3.25. The van der Waals surface area contributed by atoms with E-state index in [1.165, 1.54) is 33.4 Å². The van der Waals surface area contributed by atoms with Crippen molar-refractivity contribution in [3.8, 4) is 11.1 Å². The van der Waals surface area contributed by atoms with Crippen LogP contribution in [0.15, 0.2) is 103 Å². The van der Waals surface area contributed by atoms with Gasteiger partial charge in [-0.2, -0.15) is 0 Å². The molecule has 3 aromatic rings. The van der Waals surface area contributed by atoms with Gasteiger partial charge in [0.25, 0.3) is 0 Å². The van der Waals surface area contributed by atoms with E-state index in [0.29, 0.717) is 3.63 Å². The van der Waals surface area contributed by atoms with E-state index in [9.17, 15) is 0 Å². The second-order valence-corrected chi connectivity index (χ2v) is 15.1. The fraction of sp³-hybridized carbons (Fsp3) is 0.148. The van der Waals surface area contributed by atoms with E-state index in [0.717, 1.165) is 0 Å². The van der Waals surface area contributed by atoms with Crippen molar-refractivity contribution in [2.24, 2.45) is 0 Å². The molecule has 5 rings (SSSR count). The average molecular weight is 440 g/mol. The zero-order valence-electron chi connectivity index (χ0n) is 16.4. The third-order valence-corrected chi connectivity index (χ3v) is 14.6. The Kier molecular flexibility index (Phi) is 4.52. The minimum absolute atomic E-state index is 0.192. The van der Waals surface area contributed by atoms with Gasteiger partial charge in [-0.3, -0.25) is 0 Å². The molecule has 0 saturated carbocycles. The van der Waals surface area contributed by atoms with Crippen molar-refractivity contribution in [3.05, 3.63) is 119 Å². The molecule has 0 fully saturated rings. The van der Waals surface area contributed by atoms with E-state index < -0.39 is 21.3 Å². The zero-order valence-corrected chi connectivity index (χ0v) is 18.9. The third kappa shape index (κ3) is 2.97. The summed E-state index contributed by atoms with van der Waals surface area (Å²) in [5, 5.41) is 0. The summed E-state index contributed by atoms with van der Waals surface area (Å²) in [6, 6.07) is 29.1. The molecule has 1 heteroatoms. The van der Waals surface area contributed by atoms with Crippen LogP contribution in [0, 0.1) is 0 Å². The Labute approximate surface area is 175 Å². The number of allylic oxidation sites excluding steroid dienone is 4. The van der Waals surface area contributed by atoms with Gasteiger partial charge in [0.2, 0.25) is 0 Å². The molecule has 28 heavy (non-hydrogen) atoms. The first-order valence-electron chi connectivity index (χ1n) is 10.00. The quantitative estimate of drug-likeness (QED) is 0.415. The van der Waals surface area contributed by atoms with Crippen LogP contribution < -0.4 is 0 Å². The predicted molar refractivity (Wildman–Crippen MR) is 117 cm³/mol. The molecule has 0 radical (unpaired) electrons. The van der Waals surface area contributed by atoms with Gasteiger partial charge in [-0.25, -0.2) is 0 Å². The van der Waals surface area contributed by atoms with Crippen LogP contribution in [0.5, 0.6) is 0 Å². The number of hydrogen-bond acceptors (Lipinski definition) is 0. The van der Waals surface area contributed by atoms with Crippen molar-refractivity contribution >= 4 is 3.71 Å². The molecule has 1 unspecified atom stereocenters. The summed E-state index contributed by atoms with van der Waals surface area (Å²) in [6.45, 7) is 4.71. The second kappa shape index (κ2) is 7.05. The normalized spacial score (nSPS) is 20.8. The van der Waals surface area contributed by atoms with E-state index in [4.69, 9.17) is 0 Å². The SMILES string of the molecule is CC1=C[C](C)([Zr](=[CH]c2ccccc2)[CH]2c3ccccc3-c3ccccc32)C=C1. The van der Waals surface area contributed by atoms with E-state index in [1.54, 1.807) is 0 Å². The molecule has 1 atom stereocenters. The number of rotatable bonds is 3. The molecule has 0 amide bonds. The molecule has 0 heterocycles. The molecule has 0 N–H and O–H groups in total. The van der Waals surface area contributed by atoms with Crippen molar-refractivity contribution in [1.29, 1.82) is 0 Å². The van der Waals surface area contributed by atoms with Gasteiger partial charge in [-0.1, -0.05) is 0 Å². The Balaban J connectivity index is 1.77. The van der Waals surface area contributed by atoms with E-state index in [1.807, 2.05) is 0 Å². The van der Waals surface area contributed by atoms with Gasteiger partial charge in [0.1, 0.15) is 0 Å². The van der Waals surface area contributed by atoms with E-state index in [-0.39, 0.29) is 3.12 Å². The van der Waals surface area contributed by atoms with E-state index >= 15 is 0 Å².